The van der Waals surface area contributed by atoms with Gasteiger partial charge in [-0.05, 0) is 67.8 Å². The second-order valence-corrected chi connectivity index (χ2v) is 13.7. The molecule has 7 nitrogen and oxygen atoms in total. The van der Waals surface area contributed by atoms with Crippen molar-refractivity contribution in [1.82, 2.24) is 10.2 Å². The average molecular weight is 693 g/mol. The fourth-order valence-electron chi connectivity index (χ4n) is 4.12. The summed E-state index contributed by atoms with van der Waals surface area (Å²) in [6.45, 7) is 6.18. The van der Waals surface area contributed by atoms with Gasteiger partial charge >= 0.3 is 6.18 Å². The van der Waals surface area contributed by atoms with Crippen LogP contribution in [0.1, 0.15) is 37.5 Å². The first-order valence-corrected chi connectivity index (χ1v) is 16.0. The lowest BCUT2D eigenvalue weighted by Gasteiger charge is -2.32. The summed E-state index contributed by atoms with van der Waals surface area (Å²) >= 11 is 18.0. The number of hydrogen-bond acceptors (Lipinski definition) is 4. The third-order valence-electron chi connectivity index (χ3n) is 6.62. The Balaban J connectivity index is 2.12. The van der Waals surface area contributed by atoms with Crippen LogP contribution in [0.4, 0.5) is 18.9 Å². The summed E-state index contributed by atoms with van der Waals surface area (Å²) in [6.07, 6.45) is -4.90. The van der Waals surface area contributed by atoms with Crippen LogP contribution in [0.5, 0.6) is 0 Å². The van der Waals surface area contributed by atoms with Crippen LogP contribution in [-0.4, -0.2) is 44.3 Å². The molecule has 3 aromatic rings. The van der Waals surface area contributed by atoms with Crippen molar-refractivity contribution in [2.45, 2.75) is 51.4 Å². The number of hydrogen-bond donors (Lipinski definition) is 1. The number of rotatable bonds is 11. The van der Waals surface area contributed by atoms with Gasteiger partial charge in [-0.25, -0.2) is 8.42 Å². The largest absolute Gasteiger partial charge is 0.417 e. The topological polar surface area (TPSA) is 86.8 Å². The molecule has 0 aliphatic heterocycles. The van der Waals surface area contributed by atoms with Crippen molar-refractivity contribution in [2.24, 2.45) is 5.92 Å². The molecular formula is C30H31Cl3F3N3O4S. The van der Waals surface area contributed by atoms with Crippen molar-refractivity contribution in [3.63, 3.8) is 0 Å². The number of amides is 2. The monoisotopic (exact) mass is 691 g/mol. The lowest BCUT2D eigenvalue weighted by Crippen LogP contribution is -2.51. The number of carbonyl (C=O) groups is 2. The van der Waals surface area contributed by atoms with Crippen molar-refractivity contribution in [1.29, 1.82) is 0 Å². The van der Waals surface area contributed by atoms with Crippen molar-refractivity contribution in [2.75, 3.05) is 17.4 Å². The van der Waals surface area contributed by atoms with Gasteiger partial charge in [-0.15, -0.1) is 0 Å². The molecule has 0 aliphatic carbocycles. The fourth-order valence-corrected chi connectivity index (χ4v) is 6.07. The van der Waals surface area contributed by atoms with Gasteiger partial charge in [-0.3, -0.25) is 13.9 Å². The smallest absolute Gasteiger partial charge is 0.354 e. The molecule has 0 radical (unpaired) electrons. The van der Waals surface area contributed by atoms with E-state index >= 15 is 0 Å². The highest BCUT2D eigenvalue weighted by Crippen LogP contribution is 2.38. The molecule has 14 heteroatoms. The molecule has 0 saturated heterocycles. The Morgan fingerprint density at radius 1 is 0.886 bits per heavy atom. The van der Waals surface area contributed by atoms with E-state index in [1.165, 1.54) is 43.3 Å². The van der Waals surface area contributed by atoms with Crippen LogP contribution in [0, 0.1) is 12.8 Å². The molecule has 1 N–H and O–H groups in total. The number of carbonyl (C=O) groups excluding carboxylic acids is 2. The quantitative estimate of drug-likeness (QED) is 0.228. The second kappa shape index (κ2) is 14.4. The number of anilines is 1. The Morgan fingerprint density at radius 2 is 1.50 bits per heavy atom. The molecule has 3 rings (SSSR count). The molecular weight excluding hydrogens is 662 g/mol. The van der Waals surface area contributed by atoms with E-state index in [1.54, 1.807) is 13.0 Å². The number of benzene rings is 3. The number of sulfonamides is 1. The number of aryl methyl sites for hydroxylation is 1. The number of alkyl halides is 3. The normalized spacial score (nSPS) is 12.6. The van der Waals surface area contributed by atoms with Gasteiger partial charge in [0, 0.05) is 13.1 Å². The van der Waals surface area contributed by atoms with Crippen LogP contribution in [-0.2, 0) is 32.3 Å². The molecule has 0 aromatic heterocycles. The predicted octanol–water partition coefficient (Wildman–Crippen LogP) is 7.36. The predicted molar refractivity (Wildman–Crippen MR) is 166 cm³/mol. The zero-order valence-corrected chi connectivity index (χ0v) is 27.3. The first kappa shape index (κ1) is 35.5. The standard InChI is InChI=1S/C30H31Cl3F3N3O4S/c1-18(2)15-37-29(41)20(4)38(16-21-7-11-26(32)27(33)13-21)28(40)17-39(44(42,43)23-9-5-19(3)6-10-23)22-8-12-25(31)24(14-22)30(34,35)36/h5-14,18,20H,15-17H2,1-4H3,(H,37,41). The molecule has 0 bridgehead atoms. The maximum absolute atomic E-state index is 14.0. The summed E-state index contributed by atoms with van der Waals surface area (Å²) in [6, 6.07) is 11.7. The number of halogens is 6. The van der Waals surface area contributed by atoms with Crippen LogP contribution in [0.15, 0.2) is 65.6 Å². The van der Waals surface area contributed by atoms with Gasteiger partial charge in [-0.1, -0.05) is 72.4 Å². The molecule has 3 aromatic carbocycles. The Kier molecular flexibility index (Phi) is 11.6. The minimum Gasteiger partial charge on any atom is -0.354 e. The Hall–Kier alpha value is -2.99. The van der Waals surface area contributed by atoms with E-state index in [9.17, 15) is 31.2 Å². The van der Waals surface area contributed by atoms with E-state index in [4.69, 9.17) is 34.8 Å². The summed E-state index contributed by atoms with van der Waals surface area (Å²) in [5.74, 6) is -1.26. The highest BCUT2D eigenvalue weighted by Gasteiger charge is 2.37. The first-order chi connectivity index (χ1) is 20.4. The van der Waals surface area contributed by atoms with Crippen LogP contribution >= 0.6 is 34.8 Å². The molecule has 1 atom stereocenters. The van der Waals surface area contributed by atoms with Gasteiger partial charge in [0.2, 0.25) is 11.8 Å². The summed E-state index contributed by atoms with van der Waals surface area (Å²) in [5.41, 5.74) is -0.495. The summed E-state index contributed by atoms with van der Waals surface area (Å²) in [7, 11) is -4.59. The molecule has 0 fully saturated rings. The second-order valence-electron chi connectivity index (χ2n) is 10.6. The molecule has 2 amide bonds. The van der Waals surface area contributed by atoms with Gasteiger partial charge in [0.15, 0.2) is 0 Å². The van der Waals surface area contributed by atoms with Crippen molar-refractivity contribution >= 4 is 62.3 Å². The van der Waals surface area contributed by atoms with Crippen LogP contribution in [0.25, 0.3) is 0 Å². The molecule has 0 saturated carbocycles. The van der Waals surface area contributed by atoms with E-state index < -0.39 is 56.9 Å². The molecule has 1 unspecified atom stereocenters. The van der Waals surface area contributed by atoms with E-state index in [-0.39, 0.29) is 27.4 Å². The fraction of sp³-hybridized carbons (Fsp3) is 0.333. The van der Waals surface area contributed by atoms with Crippen LogP contribution in [0.2, 0.25) is 15.1 Å². The average Bonchev–Trinajstić information content (AvgIpc) is 2.94. The molecule has 238 valence electrons. The Labute approximate surface area is 269 Å². The summed E-state index contributed by atoms with van der Waals surface area (Å²) < 4.78 is 69.7. The molecule has 0 spiro atoms. The van der Waals surface area contributed by atoms with Gasteiger partial charge in [0.1, 0.15) is 12.6 Å². The zero-order chi connectivity index (χ0) is 33.0. The zero-order valence-electron chi connectivity index (χ0n) is 24.3. The van der Waals surface area contributed by atoms with Gasteiger partial charge in [-0.2, -0.15) is 13.2 Å². The highest BCUT2D eigenvalue weighted by atomic mass is 35.5. The molecule has 0 heterocycles. The number of nitrogens with zero attached hydrogens (tertiary/aromatic N) is 2. The van der Waals surface area contributed by atoms with E-state index in [2.05, 4.69) is 5.32 Å². The van der Waals surface area contributed by atoms with E-state index in [0.29, 0.717) is 22.5 Å². The third kappa shape index (κ3) is 8.80. The maximum Gasteiger partial charge on any atom is 0.417 e. The first-order valence-electron chi connectivity index (χ1n) is 13.4. The van der Waals surface area contributed by atoms with Gasteiger partial charge < -0.3 is 10.2 Å². The SMILES string of the molecule is Cc1ccc(S(=O)(=O)N(CC(=O)N(Cc2ccc(Cl)c(Cl)c2)C(C)C(=O)NCC(C)C)c2ccc(Cl)c(C(F)(F)F)c2)cc1. The minimum atomic E-state index is -4.90. The van der Waals surface area contributed by atoms with Crippen molar-refractivity contribution in [3.05, 3.63) is 92.4 Å². The molecule has 0 aliphatic rings. The highest BCUT2D eigenvalue weighted by molar-refractivity contribution is 7.92. The van der Waals surface area contributed by atoms with Crippen molar-refractivity contribution in [3.8, 4) is 0 Å². The van der Waals surface area contributed by atoms with Crippen LogP contribution < -0.4 is 9.62 Å². The minimum absolute atomic E-state index is 0.105. The lowest BCUT2D eigenvalue weighted by molar-refractivity contribution is -0.139. The van der Waals surface area contributed by atoms with Crippen molar-refractivity contribution < 1.29 is 31.2 Å². The van der Waals surface area contributed by atoms with E-state index in [1.807, 2.05) is 13.8 Å². The van der Waals surface area contributed by atoms with Gasteiger partial charge in [0.25, 0.3) is 10.0 Å². The Bertz CT molecular complexity index is 1620. The van der Waals surface area contributed by atoms with E-state index in [0.717, 1.165) is 22.6 Å². The maximum atomic E-state index is 14.0. The Morgan fingerprint density at radius 3 is 2.07 bits per heavy atom. The third-order valence-corrected chi connectivity index (χ3v) is 9.48. The van der Waals surface area contributed by atoms with Gasteiger partial charge in [0.05, 0.1) is 31.2 Å². The summed E-state index contributed by atoms with van der Waals surface area (Å²) in [4.78, 5) is 27.9. The van der Waals surface area contributed by atoms with Crippen LogP contribution in [0.3, 0.4) is 0 Å². The lowest BCUT2D eigenvalue weighted by atomic mass is 10.1. The number of nitrogens with one attached hydrogen (secondary N) is 1. The summed E-state index contributed by atoms with van der Waals surface area (Å²) in [5, 5.41) is 2.56. The molecule has 44 heavy (non-hydrogen) atoms.